The summed E-state index contributed by atoms with van der Waals surface area (Å²) in [6.45, 7) is 1.87. The zero-order valence-electron chi connectivity index (χ0n) is 12.7. The number of carbonyl (C=O) groups is 1. The standard InChI is InChI=1S/C15H19N3O4S/c1-15(11-23(21)22,14(19)17-20)7-8-18-10-13(9-16-18)12-5-3-2-4-6-12/h2-6,9-10,20,23H,7-8,11H2,1H3,(H,17,19)/t15-/m0/s1. The highest BCUT2D eigenvalue weighted by molar-refractivity contribution is 7.72. The lowest BCUT2D eigenvalue weighted by molar-refractivity contribution is -0.138. The molecule has 2 rings (SSSR count). The van der Waals surface area contributed by atoms with Gasteiger partial charge in [0.2, 0.25) is 5.91 Å². The minimum atomic E-state index is -2.74. The first-order valence-corrected chi connectivity index (χ1v) is 8.45. The van der Waals surface area contributed by atoms with Gasteiger partial charge in [0.25, 0.3) is 0 Å². The molecule has 2 N–H and O–H groups in total. The molecule has 1 aromatic heterocycles. The number of aromatic nitrogens is 2. The average Bonchev–Trinajstić information content (AvgIpc) is 3.01. The second-order valence-corrected chi connectivity index (χ2v) is 6.58. The summed E-state index contributed by atoms with van der Waals surface area (Å²) in [4.78, 5) is 11.8. The highest BCUT2D eigenvalue weighted by atomic mass is 32.2. The van der Waals surface area contributed by atoms with E-state index >= 15 is 0 Å². The van der Waals surface area contributed by atoms with Gasteiger partial charge in [-0.05, 0) is 18.9 Å². The van der Waals surface area contributed by atoms with Crippen LogP contribution in [0.2, 0.25) is 0 Å². The molecule has 0 bridgehead atoms. The number of benzene rings is 1. The molecule has 0 aliphatic rings. The van der Waals surface area contributed by atoms with Crippen molar-refractivity contribution >= 4 is 16.6 Å². The molecular weight excluding hydrogens is 318 g/mol. The van der Waals surface area contributed by atoms with Crippen molar-refractivity contribution in [3.05, 3.63) is 42.7 Å². The maximum absolute atomic E-state index is 11.8. The molecule has 0 unspecified atom stereocenters. The van der Waals surface area contributed by atoms with Crippen molar-refractivity contribution in [3.63, 3.8) is 0 Å². The number of thiol groups is 1. The molecule has 1 heterocycles. The predicted molar refractivity (Wildman–Crippen MR) is 85.5 cm³/mol. The van der Waals surface area contributed by atoms with Crippen LogP contribution < -0.4 is 5.48 Å². The van der Waals surface area contributed by atoms with Gasteiger partial charge in [-0.25, -0.2) is 13.9 Å². The molecule has 8 heteroatoms. The summed E-state index contributed by atoms with van der Waals surface area (Å²) in [7, 11) is -2.74. The van der Waals surface area contributed by atoms with Crippen molar-refractivity contribution in [2.45, 2.75) is 19.9 Å². The Kier molecular flexibility index (Phi) is 5.51. The van der Waals surface area contributed by atoms with E-state index in [9.17, 15) is 13.2 Å². The van der Waals surface area contributed by atoms with Crippen molar-refractivity contribution < 1.29 is 18.4 Å². The third kappa shape index (κ3) is 4.40. The maximum atomic E-state index is 11.8. The summed E-state index contributed by atoms with van der Waals surface area (Å²) in [5, 5.41) is 13.0. The Balaban J connectivity index is 2.10. The van der Waals surface area contributed by atoms with E-state index in [0.29, 0.717) is 6.54 Å². The Bertz CT molecular complexity index is 734. The lowest BCUT2D eigenvalue weighted by atomic mass is 9.88. The SMILES string of the molecule is C[C@](CCn1cc(-c2ccccc2)cn1)(C[SH](=O)=O)C(=O)NO. The van der Waals surface area contributed by atoms with Crippen molar-refractivity contribution in [2.24, 2.45) is 5.41 Å². The summed E-state index contributed by atoms with van der Waals surface area (Å²) >= 11 is 0. The van der Waals surface area contributed by atoms with Crippen LogP contribution in [0.4, 0.5) is 0 Å². The molecular formula is C15H19N3O4S. The molecule has 0 saturated carbocycles. The minimum absolute atomic E-state index is 0.235. The number of hydroxylamine groups is 1. The Morgan fingerprint density at radius 3 is 2.61 bits per heavy atom. The van der Waals surface area contributed by atoms with Gasteiger partial charge in [0.1, 0.15) is 10.7 Å². The highest BCUT2D eigenvalue weighted by Crippen LogP contribution is 2.24. The molecule has 0 aliphatic carbocycles. The van der Waals surface area contributed by atoms with E-state index < -0.39 is 22.0 Å². The summed E-state index contributed by atoms with van der Waals surface area (Å²) in [5.74, 6) is -1.05. The van der Waals surface area contributed by atoms with Crippen LogP contribution in [0.1, 0.15) is 13.3 Å². The predicted octanol–water partition coefficient (Wildman–Crippen LogP) is 1.06. The normalized spacial score (nSPS) is 13.7. The highest BCUT2D eigenvalue weighted by Gasteiger charge is 2.34. The molecule has 0 saturated heterocycles. The first-order chi connectivity index (χ1) is 10.9. The lowest BCUT2D eigenvalue weighted by Crippen LogP contribution is -2.41. The monoisotopic (exact) mass is 337 g/mol. The second kappa shape index (κ2) is 7.38. The van der Waals surface area contributed by atoms with Gasteiger partial charge in [-0.3, -0.25) is 14.7 Å². The fourth-order valence-electron chi connectivity index (χ4n) is 2.31. The van der Waals surface area contributed by atoms with Crippen LogP contribution in [0.15, 0.2) is 42.7 Å². The zero-order valence-corrected chi connectivity index (χ0v) is 13.6. The van der Waals surface area contributed by atoms with Crippen molar-refractivity contribution in [2.75, 3.05) is 5.75 Å². The fourth-order valence-corrected chi connectivity index (χ4v) is 3.18. The smallest absolute Gasteiger partial charge is 0.250 e. The first-order valence-electron chi connectivity index (χ1n) is 7.09. The number of rotatable bonds is 7. The third-order valence-corrected chi connectivity index (χ3v) is 4.72. The number of amides is 1. The van der Waals surface area contributed by atoms with Crippen LogP contribution in [0.25, 0.3) is 11.1 Å². The Labute approximate surface area is 135 Å². The van der Waals surface area contributed by atoms with E-state index in [1.807, 2.05) is 36.5 Å². The number of nitrogens with one attached hydrogen (secondary N) is 1. The number of hydrogen-bond acceptors (Lipinski definition) is 5. The van der Waals surface area contributed by atoms with E-state index in [1.54, 1.807) is 16.4 Å². The Morgan fingerprint density at radius 2 is 2.00 bits per heavy atom. The Hall–Kier alpha value is -2.19. The Morgan fingerprint density at radius 1 is 1.30 bits per heavy atom. The van der Waals surface area contributed by atoms with E-state index in [2.05, 4.69) is 5.10 Å². The molecule has 7 nitrogen and oxygen atoms in total. The maximum Gasteiger partial charge on any atom is 0.250 e. The summed E-state index contributed by atoms with van der Waals surface area (Å²) in [6, 6.07) is 9.72. The molecule has 1 aromatic carbocycles. The van der Waals surface area contributed by atoms with Gasteiger partial charge >= 0.3 is 0 Å². The summed E-state index contributed by atoms with van der Waals surface area (Å²) in [5.41, 5.74) is 2.30. The van der Waals surface area contributed by atoms with Gasteiger partial charge in [0, 0.05) is 18.3 Å². The lowest BCUT2D eigenvalue weighted by Gasteiger charge is -2.24. The largest absolute Gasteiger partial charge is 0.289 e. The molecule has 0 fully saturated rings. The van der Waals surface area contributed by atoms with Gasteiger partial charge in [0.15, 0.2) is 0 Å². The average molecular weight is 337 g/mol. The van der Waals surface area contributed by atoms with Crippen LogP contribution >= 0.6 is 0 Å². The van der Waals surface area contributed by atoms with E-state index in [4.69, 9.17) is 5.21 Å². The van der Waals surface area contributed by atoms with Crippen LogP contribution in [-0.2, 0) is 22.0 Å². The summed E-state index contributed by atoms with van der Waals surface area (Å²) < 4.78 is 23.6. The minimum Gasteiger partial charge on any atom is -0.289 e. The first kappa shape index (κ1) is 17.2. The van der Waals surface area contributed by atoms with Crippen LogP contribution in [0.5, 0.6) is 0 Å². The molecule has 0 radical (unpaired) electrons. The van der Waals surface area contributed by atoms with Gasteiger partial charge in [0.05, 0.1) is 17.4 Å². The van der Waals surface area contributed by atoms with Crippen LogP contribution in [0, 0.1) is 5.41 Å². The molecule has 2 aromatic rings. The van der Waals surface area contributed by atoms with Gasteiger partial charge in [-0.15, -0.1) is 0 Å². The number of carbonyl (C=O) groups excluding carboxylic acids is 1. The third-order valence-electron chi connectivity index (χ3n) is 3.76. The van der Waals surface area contributed by atoms with Gasteiger partial charge in [-0.2, -0.15) is 5.10 Å². The zero-order chi connectivity index (χ0) is 16.9. The van der Waals surface area contributed by atoms with E-state index in [-0.39, 0.29) is 12.2 Å². The molecule has 1 atom stereocenters. The summed E-state index contributed by atoms with van der Waals surface area (Å²) in [6.07, 6.45) is 3.79. The van der Waals surface area contributed by atoms with Gasteiger partial charge in [-0.1, -0.05) is 30.3 Å². The molecule has 23 heavy (non-hydrogen) atoms. The molecule has 1 amide bonds. The van der Waals surface area contributed by atoms with Crippen molar-refractivity contribution in [1.29, 1.82) is 0 Å². The van der Waals surface area contributed by atoms with Gasteiger partial charge < -0.3 is 0 Å². The topological polar surface area (TPSA) is 101 Å². The number of hydrogen-bond donors (Lipinski definition) is 3. The van der Waals surface area contributed by atoms with E-state index in [0.717, 1.165) is 11.1 Å². The fraction of sp³-hybridized carbons (Fsp3) is 0.333. The molecule has 124 valence electrons. The van der Waals surface area contributed by atoms with Crippen LogP contribution in [0.3, 0.4) is 0 Å². The van der Waals surface area contributed by atoms with Crippen LogP contribution in [-0.4, -0.2) is 35.1 Å². The molecule has 0 aliphatic heterocycles. The van der Waals surface area contributed by atoms with Crippen molar-refractivity contribution in [3.8, 4) is 11.1 Å². The van der Waals surface area contributed by atoms with E-state index in [1.165, 1.54) is 6.92 Å². The number of aryl methyl sites for hydroxylation is 1. The second-order valence-electron chi connectivity index (χ2n) is 5.60. The number of nitrogens with zero attached hydrogens (tertiary/aromatic N) is 2. The molecule has 0 spiro atoms. The quantitative estimate of drug-likeness (QED) is 0.398. The van der Waals surface area contributed by atoms with Crippen molar-refractivity contribution in [1.82, 2.24) is 15.3 Å².